The van der Waals surface area contributed by atoms with Crippen molar-refractivity contribution in [2.24, 2.45) is 0 Å². The minimum Gasteiger partial charge on any atom is -0.379 e. The number of ether oxygens (including phenoxy) is 1. The maximum absolute atomic E-state index is 13.0. The van der Waals surface area contributed by atoms with Crippen molar-refractivity contribution in [2.45, 2.75) is 31.2 Å². The fourth-order valence-corrected chi connectivity index (χ4v) is 4.90. The van der Waals surface area contributed by atoms with Gasteiger partial charge in [-0.1, -0.05) is 13.3 Å². The predicted octanol–water partition coefficient (Wildman–Crippen LogP) is 2.92. The summed E-state index contributed by atoms with van der Waals surface area (Å²) in [7, 11) is -3.54. The summed E-state index contributed by atoms with van der Waals surface area (Å²) < 4.78 is 34.9. The molecule has 0 bridgehead atoms. The molecule has 2 aromatic heterocycles. The Morgan fingerprint density at radius 1 is 1.11 bits per heavy atom. The predicted molar refractivity (Wildman–Crippen MR) is 107 cm³/mol. The van der Waals surface area contributed by atoms with Crippen LogP contribution in [-0.4, -0.2) is 53.6 Å². The summed E-state index contributed by atoms with van der Waals surface area (Å²) in [5.41, 5.74) is 2.61. The molecule has 3 aromatic rings. The normalized spacial score (nSPS) is 15.9. The Kier molecular flexibility index (Phi) is 5.43. The standard InChI is InChI=1S/C20H24N4O3S/c1-2-3-10-24-19-5-4-17(28(25,26)23-11-13-27-14-12-23)15-18(19)22-20(24)16-6-8-21-9-7-16/h4-9,15H,2-3,10-14H2,1H3. The van der Waals surface area contributed by atoms with Gasteiger partial charge in [0.1, 0.15) is 5.82 Å². The Labute approximate surface area is 165 Å². The first-order valence-electron chi connectivity index (χ1n) is 9.60. The van der Waals surface area contributed by atoms with E-state index >= 15 is 0 Å². The SMILES string of the molecule is CCCCn1c(-c2ccncc2)nc2cc(S(=O)(=O)N3CCOCC3)ccc21. The minimum absolute atomic E-state index is 0.281. The number of morpholine rings is 1. The molecule has 1 aromatic carbocycles. The lowest BCUT2D eigenvalue weighted by atomic mass is 10.2. The highest BCUT2D eigenvalue weighted by Gasteiger charge is 2.27. The Morgan fingerprint density at radius 2 is 1.86 bits per heavy atom. The summed E-state index contributed by atoms with van der Waals surface area (Å²) in [6.07, 6.45) is 5.58. The number of aryl methyl sites for hydroxylation is 1. The van der Waals surface area contributed by atoms with Gasteiger partial charge in [-0.3, -0.25) is 4.98 Å². The fourth-order valence-electron chi connectivity index (χ4n) is 3.47. The van der Waals surface area contributed by atoms with Gasteiger partial charge in [-0.05, 0) is 36.8 Å². The van der Waals surface area contributed by atoms with Crippen molar-refractivity contribution in [3.8, 4) is 11.4 Å². The summed E-state index contributed by atoms with van der Waals surface area (Å²) in [6.45, 7) is 4.61. The van der Waals surface area contributed by atoms with Gasteiger partial charge in [-0.25, -0.2) is 13.4 Å². The van der Waals surface area contributed by atoms with Gasteiger partial charge in [0.15, 0.2) is 0 Å². The highest BCUT2D eigenvalue weighted by atomic mass is 32.2. The van der Waals surface area contributed by atoms with Crippen molar-refractivity contribution >= 4 is 21.1 Å². The third-order valence-corrected chi connectivity index (χ3v) is 6.90. The van der Waals surface area contributed by atoms with Crippen molar-refractivity contribution in [1.29, 1.82) is 0 Å². The second-order valence-corrected chi connectivity index (χ2v) is 8.78. The first-order chi connectivity index (χ1) is 13.6. The number of unbranched alkanes of at least 4 members (excludes halogenated alkanes) is 1. The van der Waals surface area contributed by atoms with E-state index < -0.39 is 10.0 Å². The molecule has 0 N–H and O–H groups in total. The molecule has 4 rings (SSSR count). The van der Waals surface area contributed by atoms with Crippen molar-refractivity contribution < 1.29 is 13.2 Å². The molecule has 28 heavy (non-hydrogen) atoms. The van der Waals surface area contributed by atoms with Crippen molar-refractivity contribution in [1.82, 2.24) is 18.8 Å². The maximum atomic E-state index is 13.0. The van der Waals surface area contributed by atoms with Crippen LogP contribution in [0, 0.1) is 0 Å². The van der Waals surface area contributed by atoms with Gasteiger partial charge in [0.2, 0.25) is 10.0 Å². The Bertz CT molecular complexity index is 1060. The topological polar surface area (TPSA) is 77.3 Å². The summed E-state index contributed by atoms with van der Waals surface area (Å²) >= 11 is 0. The van der Waals surface area contributed by atoms with E-state index in [0.717, 1.165) is 36.3 Å². The van der Waals surface area contributed by atoms with E-state index in [4.69, 9.17) is 9.72 Å². The Hall–Kier alpha value is -2.29. The van der Waals surface area contributed by atoms with Crippen molar-refractivity contribution in [3.63, 3.8) is 0 Å². The number of hydrogen-bond donors (Lipinski definition) is 0. The highest BCUT2D eigenvalue weighted by molar-refractivity contribution is 7.89. The van der Waals surface area contributed by atoms with Gasteiger partial charge in [0, 0.05) is 37.6 Å². The molecule has 0 atom stereocenters. The average molecular weight is 401 g/mol. The van der Waals surface area contributed by atoms with E-state index in [1.807, 2.05) is 18.2 Å². The third kappa shape index (κ3) is 3.55. The third-order valence-electron chi connectivity index (χ3n) is 5.00. The smallest absolute Gasteiger partial charge is 0.243 e. The molecule has 1 aliphatic rings. The summed E-state index contributed by atoms with van der Waals surface area (Å²) in [6, 6.07) is 9.10. The molecule has 0 amide bonds. The first kappa shape index (κ1) is 19.0. The van der Waals surface area contributed by atoms with E-state index in [1.165, 1.54) is 4.31 Å². The van der Waals surface area contributed by atoms with Crippen LogP contribution in [0.4, 0.5) is 0 Å². The highest BCUT2D eigenvalue weighted by Crippen LogP contribution is 2.28. The van der Waals surface area contributed by atoms with Crippen LogP contribution in [0.25, 0.3) is 22.4 Å². The second-order valence-electron chi connectivity index (χ2n) is 6.84. The van der Waals surface area contributed by atoms with E-state index in [0.29, 0.717) is 31.8 Å². The molecule has 0 aliphatic carbocycles. The van der Waals surface area contributed by atoms with Crippen LogP contribution in [0.1, 0.15) is 19.8 Å². The molecule has 0 unspecified atom stereocenters. The molecular formula is C20H24N4O3S. The van der Waals surface area contributed by atoms with Gasteiger partial charge >= 0.3 is 0 Å². The number of sulfonamides is 1. The summed E-state index contributed by atoms with van der Waals surface area (Å²) in [5, 5.41) is 0. The zero-order valence-electron chi connectivity index (χ0n) is 15.9. The minimum atomic E-state index is -3.54. The molecule has 8 heteroatoms. The number of rotatable bonds is 6. The number of fused-ring (bicyclic) bond motifs is 1. The lowest BCUT2D eigenvalue weighted by Crippen LogP contribution is -2.40. The van der Waals surface area contributed by atoms with Gasteiger partial charge in [0.05, 0.1) is 29.1 Å². The van der Waals surface area contributed by atoms with Crippen molar-refractivity contribution in [2.75, 3.05) is 26.3 Å². The Morgan fingerprint density at radius 3 is 2.57 bits per heavy atom. The summed E-state index contributed by atoms with van der Waals surface area (Å²) in [5.74, 6) is 0.840. The van der Waals surface area contributed by atoms with Crippen LogP contribution >= 0.6 is 0 Å². The van der Waals surface area contributed by atoms with Crippen LogP contribution in [0.15, 0.2) is 47.6 Å². The second kappa shape index (κ2) is 7.98. The molecule has 7 nitrogen and oxygen atoms in total. The molecule has 1 fully saturated rings. The van der Waals surface area contributed by atoms with E-state index in [-0.39, 0.29) is 4.90 Å². The monoisotopic (exact) mass is 400 g/mol. The zero-order valence-corrected chi connectivity index (χ0v) is 16.7. The number of nitrogens with zero attached hydrogens (tertiary/aromatic N) is 4. The van der Waals surface area contributed by atoms with Gasteiger partial charge < -0.3 is 9.30 Å². The number of aromatic nitrogens is 3. The molecule has 148 valence electrons. The lowest BCUT2D eigenvalue weighted by Gasteiger charge is -2.26. The molecular weight excluding hydrogens is 376 g/mol. The van der Waals surface area contributed by atoms with Gasteiger partial charge in [0.25, 0.3) is 0 Å². The van der Waals surface area contributed by atoms with Gasteiger partial charge in [-0.2, -0.15) is 4.31 Å². The number of hydrogen-bond acceptors (Lipinski definition) is 5. The lowest BCUT2D eigenvalue weighted by molar-refractivity contribution is 0.0730. The molecule has 1 saturated heterocycles. The molecule has 0 saturated carbocycles. The average Bonchev–Trinajstić information content (AvgIpc) is 3.11. The maximum Gasteiger partial charge on any atom is 0.243 e. The fraction of sp³-hybridized carbons (Fsp3) is 0.400. The molecule has 3 heterocycles. The largest absolute Gasteiger partial charge is 0.379 e. The van der Waals surface area contributed by atoms with E-state index in [1.54, 1.807) is 24.5 Å². The van der Waals surface area contributed by atoms with E-state index in [9.17, 15) is 8.42 Å². The van der Waals surface area contributed by atoms with Crippen LogP contribution in [-0.2, 0) is 21.3 Å². The van der Waals surface area contributed by atoms with Crippen LogP contribution < -0.4 is 0 Å². The zero-order chi connectivity index (χ0) is 19.6. The van der Waals surface area contributed by atoms with Crippen LogP contribution in [0.3, 0.4) is 0 Å². The van der Waals surface area contributed by atoms with Crippen LogP contribution in [0.5, 0.6) is 0 Å². The van der Waals surface area contributed by atoms with Gasteiger partial charge in [-0.15, -0.1) is 0 Å². The number of pyridine rings is 1. The Balaban J connectivity index is 1.79. The molecule has 0 spiro atoms. The van der Waals surface area contributed by atoms with Crippen molar-refractivity contribution in [3.05, 3.63) is 42.7 Å². The number of imidazole rings is 1. The first-order valence-corrected chi connectivity index (χ1v) is 11.0. The molecule has 1 aliphatic heterocycles. The quantitative estimate of drug-likeness (QED) is 0.636. The van der Waals surface area contributed by atoms with Crippen LogP contribution in [0.2, 0.25) is 0 Å². The van der Waals surface area contributed by atoms with E-state index in [2.05, 4.69) is 16.5 Å². The summed E-state index contributed by atoms with van der Waals surface area (Å²) in [4.78, 5) is 9.15. The number of benzene rings is 1. The molecule has 0 radical (unpaired) electrons.